The van der Waals surface area contributed by atoms with Crippen LogP contribution in [-0.4, -0.2) is 45.8 Å². The molecule has 1 amide bonds. The van der Waals surface area contributed by atoms with Gasteiger partial charge in [-0.05, 0) is 13.3 Å². The highest BCUT2D eigenvalue weighted by Crippen LogP contribution is 2.09. The first-order valence-corrected chi connectivity index (χ1v) is 4.74. The van der Waals surface area contributed by atoms with Crippen molar-refractivity contribution in [3.63, 3.8) is 0 Å². The van der Waals surface area contributed by atoms with E-state index in [0.717, 1.165) is 0 Å². The minimum Gasteiger partial charge on any atom is -0.396 e. The normalized spacial score (nSPS) is 12.5. The summed E-state index contributed by atoms with van der Waals surface area (Å²) in [6.45, 7) is 2.16. The Morgan fingerprint density at radius 3 is 2.93 bits per heavy atom. The lowest BCUT2D eigenvalue weighted by atomic mass is 10.2. The van der Waals surface area contributed by atoms with Gasteiger partial charge >= 0.3 is 0 Å². The minimum atomic E-state index is -0.417. The zero-order valence-corrected chi connectivity index (χ0v) is 8.90. The largest absolute Gasteiger partial charge is 0.396 e. The molecule has 0 radical (unpaired) electrons. The van der Waals surface area contributed by atoms with E-state index in [1.165, 1.54) is 11.1 Å². The maximum absolute atomic E-state index is 11.7. The molecule has 0 aliphatic carbocycles. The number of hydrogen-bond donors (Lipinski definition) is 3. The van der Waals surface area contributed by atoms with Crippen LogP contribution in [0.4, 0.5) is 5.69 Å². The number of H-pyrrole nitrogens is 1. The van der Waals surface area contributed by atoms with E-state index in [9.17, 15) is 4.79 Å². The smallest absolute Gasteiger partial charge is 0.273 e. The number of rotatable bonds is 4. The number of aromatic amines is 1. The number of hydrogen-bond acceptors (Lipinski definition) is 4. The summed E-state index contributed by atoms with van der Waals surface area (Å²) >= 11 is 0. The third-order valence-corrected chi connectivity index (χ3v) is 2.11. The van der Waals surface area contributed by atoms with Crippen LogP contribution in [0.2, 0.25) is 0 Å². The zero-order valence-electron chi connectivity index (χ0n) is 8.90. The van der Waals surface area contributed by atoms with Crippen LogP contribution in [0.1, 0.15) is 23.8 Å². The van der Waals surface area contributed by atoms with E-state index in [0.29, 0.717) is 24.3 Å². The van der Waals surface area contributed by atoms with E-state index >= 15 is 0 Å². The van der Waals surface area contributed by atoms with Crippen molar-refractivity contribution in [2.45, 2.75) is 19.4 Å². The van der Waals surface area contributed by atoms with Gasteiger partial charge in [-0.15, -0.1) is 0 Å². The summed E-state index contributed by atoms with van der Waals surface area (Å²) in [5.74, 6) is -0.217. The number of amides is 1. The van der Waals surface area contributed by atoms with Gasteiger partial charge in [0.2, 0.25) is 0 Å². The lowest BCUT2D eigenvalue weighted by Gasteiger charge is -2.17. The number of aromatic nitrogens is 2. The average Bonchev–Trinajstić information content (AvgIpc) is 2.59. The first-order chi connectivity index (χ1) is 7.02. The standard InChI is InChI=1S/C9H16N4O2/c1-6(14)3-4-13(2)9(15)8-7(10)5-11-12-8/h5-6,14H,3-4,10H2,1-2H3,(H,11,12). The van der Waals surface area contributed by atoms with Crippen molar-refractivity contribution in [1.82, 2.24) is 15.1 Å². The molecule has 0 aliphatic rings. The van der Waals surface area contributed by atoms with E-state index in [4.69, 9.17) is 10.8 Å². The van der Waals surface area contributed by atoms with Crippen molar-refractivity contribution in [1.29, 1.82) is 0 Å². The topological polar surface area (TPSA) is 95.2 Å². The van der Waals surface area contributed by atoms with Crippen LogP contribution in [0.3, 0.4) is 0 Å². The van der Waals surface area contributed by atoms with Gasteiger partial charge < -0.3 is 15.7 Å². The summed E-state index contributed by atoms with van der Waals surface area (Å²) in [6.07, 6.45) is 1.52. The predicted molar refractivity (Wildman–Crippen MR) is 56.3 cm³/mol. The van der Waals surface area contributed by atoms with Crippen molar-refractivity contribution in [2.75, 3.05) is 19.3 Å². The van der Waals surface area contributed by atoms with Gasteiger partial charge in [0.25, 0.3) is 5.91 Å². The Morgan fingerprint density at radius 1 is 1.80 bits per heavy atom. The molecule has 0 aromatic carbocycles. The summed E-state index contributed by atoms with van der Waals surface area (Å²) in [5, 5.41) is 15.3. The molecule has 0 spiro atoms. The van der Waals surface area contributed by atoms with Gasteiger partial charge in [0.05, 0.1) is 18.0 Å². The highest BCUT2D eigenvalue weighted by atomic mass is 16.3. The number of anilines is 1. The number of nitrogens with one attached hydrogen (secondary N) is 1. The predicted octanol–water partition coefficient (Wildman–Crippen LogP) is -0.165. The first-order valence-electron chi connectivity index (χ1n) is 4.74. The lowest BCUT2D eigenvalue weighted by molar-refractivity contribution is 0.0764. The van der Waals surface area contributed by atoms with E-state index in [1.54, 1.807) is 14.0 Å². The summed E-state index contributed by atoms with van der Waals surface area (Å²) in [5.41, 5.74) is 6.18. The fourth-order valence-electron chi connectivity index (χ4n) is 1.14. The molecule has 1 unspecified atom stereocenters. The van der Waals surface area contributed by atoms with E-state index < -0.39 is 6.10 Å². The molecule has 4 N–H and O–H groups in total. The Kier molecular flexibility index (Phi) is 3.68. The van der Waals surface area contributed by atoms with Gasteiger partial charge in [0.15, 0.2) is 0 Å². The second-order valence-corrected chi connectivity index (χ2v) is 3.56. The molecule has 0 fully saturated rings. The highest BCUT2D eigenvalue weighted by molar-refractivity contribution is 5.96. The molecule has 0 saturated heterocycles. The molecular formula is C9H16N4O2. The number of carbonyl (C=O) groups excluding carboxylic acids is 1. The SMILES string of the molecule is CC(O)CCN(C)C(=O)c1[nH]ncc1N. The molecule has 0 bridgehead atoms. The molecule has 0 aliphatic heterocycles. The van der Waals surface area contributed by atoms with Crippen molar-refractivity contribution >= 4 is 11.6 Å². The molecule has 6 heteroatoms. The second-order valence-electron chi connectivity index (χ2n) is 3.56. The van der Waals surface area contributed by atoms with Crippen LogP contribution in [0.15, 0.2) is 6.20 Å². The molecule has 1 heterocycles. The number of nitrogens with two attached hydrogens (primary N) is 1. The van der Waals surface area contributed by atoms with Gasteiger partial charge in [-0.2, -0.15) is 5.10 Å². The number of nitrogens with zero attached hydrogens (tertiary/aromatic N) is 2. The molecule has 1 rings (SSSR count). The lowest BCUT2D eigenvalue weighted by Crippen LogP contribution is -2.30. The number of carbonyl (C=O) groups is 1. The minimum absolute atomic E-state index is 0.217. The highest BCUT2D eigenvalue weighted by Gasteiger charge is 2.16. The third-order valence-electron chi connectivity index (χ3n) is 2.11. The van der Waals surface area contributed by atoms with Gasteiger partial charge in [-0.1, -0.05) is 0 Å². The fraction of sp³-hybridized carbons (Fsp3) is 0.556. The average molecular weight is 212 g/mol. The van der Waals surface area contributed by atoms with Crippen LogP contribution < -0.4 is 5.73 Å². The monoisotopic (exact) mass is 212 g/mol. The zero-order chi connectivity index (χ0) is 11.4. The third kappa shape index (κ3) is 2.95. The Labute approximate surface area is 88.1 Å². The summed E-state index contributed by atoms with van der Waals surface area (Å²) in [7, 11) is 1.66. The van der Waals surface area contributed by atoms with E-state index in [1.807, 2.05) is 0 Å². The molecule has 84 valence electrons. The van der Waals surface area contributed by atoms with Gasteiger partial charge in [0.1, 0.15) is 5.69 Å². The number of aliphatic hydroxyl groups excluding tert-OH is 1. The van der Waals surface area contributed by atoms with Crippen LogP contribution in [0, 0.1) is 0 Å². The van der Waals surface area contributed by atoms with Gasteiger partial charge in [-0.3, -0.25) is 9.89 Å². The quantitative estimate of drug-likeness (QED) is 0.646. The maximum Gasteiger partial charge on any atom is 0.273 e. The van der Waals surface area contributed by atoms with Crippen LogP contribution in [-0.2, 0) is 0 Å². The summed E-state index contributed by atoms with van der Waals surface area (Å²) < 4.78 is 0. The van der Waals surface area contributed by atoms with Crippen molar-refractivity contribution in [2.24, 2.45) is 0 Å². The van der Waals surface area contributed by atoms with Gasteiger partial charge in [-0.25, -0.2) is 0 Å². The number of aliphatic hydroxyl groups is 1. The Balaban J connectivity index is 2.57. The molecule has 1 aromatic heterocycles. The Bertz CT molecular complexity index is 335. The molecule has 1 atom stereocenters. The second kappa shape index (κ2) is 4.79. The molecule has 0 saturated carbocycles. The first kappa shape index (κ1) is 11.5. The van der Waals surface area contributed by atoms with E-state index in [-0.39, 0.29) is 5.91 Å². The van der Waals surface area contributed by atoms with Gasteiger partial charge in [0, 0.05) is 13.6 Å². The van der Waals surface area contributed by atoms with Crippen molar-refractivity contribution in [3.05, 3.63) is 11.9 Å². The summed E-state index contributed by atoms with van der Waals surface area (Å²) in [4.78, 5) is 13.2. The molecular weight excluding hydrogens is 196 g/mol. The van der Waals surface area contributed by atoms with Crippen molar-refractivity contribution < 1.29 is 9.90 Å². The Hall–Kier alpha value is -1.56. The van der Waals surface area contributed by atoms with Crippen LogP contribution in [0.5, 0.6) is 0 Å². The van der Waals surface area contributed by atoms with E-state index in [2.05, 4.69) is 10.2 Å². The van der Waals surface area contributed by atoms with Crippen molar-refractivity contribution in [3.8, 4) is 0 Å². The number of nitrogen functional groups attached to an aromatic ring is 1. The molecule has 1 aromatic rings. The van der Waals surface area contributed by atoms with Crippen LogP contribution in [0.25, 0.3) is 0 Å². The Morgan fingerprint density at radius 2 is 2.47 bits per heavy atom. The maximum atomic E-state index is 11.7. The molecule has 15 heavy (non-hydrogen) atoms. The summed E-state index contributed by atoms with van der Waals surface area (Å²) in [6, 6.07) is 0. The van der Waals surface area contributed by atoms with Crippen LogP contribution >= 0.6 is 0 Å². The molecule has 6 nitrogen and oxygen atoms in total. The fourth-order valence-corrected chi connectivity index (χ4v) is 1.14.